The van der Waals surface area contributed by atoms with Gasteiger partial charge in [0.2, 0.25) is 0 Å². The van der Waals surface area contributed by atoms with Crippen molar-refractivity contribution >= 4 is 16.9 Å². The van der Waals surface area contributed by atoms with Crippen molar-refractivity contribution in [2.24, 2.45) is 0 Å². The molecule has 0 aromatic heterocycles. The van der Waals surface area contributed by atoms with Crippen LogP contribution >= 0.6 is 11.8 Å². The molecule has 1 N–H and O–H groups in total. The molecule has 0 spiro atoms. The van der Waals surface area contributed by atoms with E-state index in [1.165, 1.54) is 11.8 Å². The van der Waals surface area contributed by atoms with Crippen molar-refractivity contribution in [3.63, 3.8) is 0 Å². The van der Waals surface area contributed by atoms with E-state index in [1.807, 2.05) is 51.1 Å². The van der Waals surface area contributed by atoms with Crippen LogP contribution in [0.5, 0.6) is 0 Å². The molecule has 1 aromatic rings. The summed E-state index contributed by atoms with van der Waals surface area (Å²) in [7, 11) is 0. The number of rotatable bonds is 6. The van der Waals surface area contributed by atoms with E-state index in [0.29, 0.717) is 6.61 Å². The minimum atomic E-state index is -0.763. The molecule has 0 aliphatic heterocycles. The minimum absolute atomic E-state index is 0.000149. The van der Waals surface area contributed by atoms with Gasteiger partial charge in [0.05, 0.1) is 18.8 Å². The van der Waals surface area contributed by atoms with Crippen LogP contribution in [0.3, 0.4) is 0 Å². The maximum atomic E-state index is 11.8. The largest absolute Gasteiger partial charge is 0.390 e. The molecule has 0 heterocycles. The molecular formula is C16H24O3S. The van der Waals surface area contributed by atoms with E-state index in [2.05, 4.69) is 0 Å². The average molecular weight is 296 g/mol. The van der Waals surface area contributed by atoms with E-state index in [9.17, 15) is 9.90 Å². The van der Waals surface area contributed by atoms with E-state index in [0.717, 1.165) is 5.56 Å². The van der Waals surface area contributed by atoms with Crippen LogP contribution in [0, 0.1) is 0 Å². The summed E-state index contributed by atoms with van der Waals surface area (Å²) in [6.45, 7) is 8.19. The lowest BCUT2D eigenvalue weighted by molar-refractivity contribution is -0.115. The van der Waals surface area contributed by atoms with Crippen LogP contribution in [0.1, 0.15) is 39.7 Å². The van der Waals surface area contributed by atoms with Crippen molar-refractivity contribution in [1.29, 1.82) is 0 Å². The van der Waals surface area contributed by atoms with Crippen LogP contribution in [0.2, 0.25) is 0 Å². The van der Waals surface area contributed by atoms with E-state index in [4.69, 9.17) is 4.74 Å². The zero-order chi connectivity index (χ0) is 15.2. The molecule has 4 heteroatoms. The highest BCUT2D eigenvalue weighted by molar-refractivity contribution is 8.14. The highest BCUT2D eigenvalue weighted by Crippen LogP contribution is 2.26. The Morgan fingerprint density at radius 2 is 1.90 bits per heavy atom. The van der Waals surface area contributed by atoms with Crippen molar-refractivity contribution in [2.75, 3.05) is 0 Å². The van der Waals surface area contributed by atoms with E-state index in [1.54, 1.807) is 6.92 Å². The third-order valence-electron chi connectivity index (χ3n) is 2.69. The fourth-order valence-electron chi connectivity index (χ4n) is 1.63. The quantitative estimate of drug-likeness (QED) is 0.874. The fourth-order valence-corrected chi connectivity index (χ4v) is 2.57. The molecule has 0 saturated carbocycles. The molecule has 0 unspecified atom stereocenters. The number of carbonyl (C=O) groups is 1. The number of thioether (sulfide) groups is 1. The van der Waals surface area contributed by atoms with Crippen LogP contribution in [-0.2, 0) is 16.1 Å². The summed E-state index contributed by atoms with van der Waals surface area (Å²) in [4.78, 5) is 11.8. The lowest BCUT2D eigenvalue weighted by Crippen LogP contribution is -2.28. The minimum Gasteiger partial charge on any atom is -0.390 e. The van der Waals surface area contributed by atoms with Gasteiger partial charge in [-0.15, -0.1) is 0 Å². The average Bonchev–Trinajstić information content (AvgIpc) is 2.34. The summed E-state index contributed by atoms with van der Waals surface area (Å²) in [6, 6.07) is 9.79. The summed E-state index contributed by atoms with van der Waals surface area (Å²) in [6.07, 6.45) is -1.00. The number of aliphatic hydroxyl groups is 1. The number of hydrogen-bond donors (Lipinski definition) is 1. The van der Waals surface area contributed by atoms with E-state index >= 15 is 0 Å². The van der Waals surface area contributed by atoms with Gasteiger partial charge < -0.3 is 9.84 Å². The van der Waals surface area contributed by atoms with Crippen molar-refractivity contribution < 1.29 is 14.6 Å². The Hall–Kier alpha value is -0.840. The Balaban J connectivity index is 2.35. The van der Waals surface area contributed by atoms with Gasteiger partial charge in [-0.3, -0.25) is 4.79 Å². The molecule has 0 bridgehead atoms. The summed E-state index contributed by atoms with van der Waals surface area (Å²) >= 11 is 1.26. The molecule has 2 atom stereocenters. The predicted molar refractivity (Wildman–Crippen MR) is 83.7 cm³/mol. The molecule has 0 amide bonds. The maximum Gasteiger partial charge on any atom is 0.192 e. The number of carbonyl (C=O) groups excluding carboxylic acids is 1. The third-order valence-corrected chi connectivity index (χ3v) is 3.70. The van der Waals surface area contributed by atoms with Crippen molar-refractivity contribution in [3.8, 4) is 0 Å². The topological polar surface area (TPSA) is 46.5 Å². The Kier molecular flexibility index (Phi) is 6.72. The molecular weight excluding hydrogens is 272 g/mol. The summed E-state index contributed by atoms with van der Waals surface area (Å²) in [5, 5.41) is 10.0. The summed E-state index contributed by atoms with van der Waals surface area (Å²) < 4.78 is 5.49. The molecule has 1 rings (SSSR count). The van der Waals surface area contributed by atoms with E-state index in [-0.39, 0.29) is 22.4 Å². The smallest absolute Gasteiger partial charge is 0.192 e. The van der Waals surface area contributed by atoms with Crippen LogP contribution in [0.15, 0.2) is 30.3 Å². The first-order chi connectivity index (χ1) is 9.28. The van der Waals surface area contributed by atoms with Crippen molar-refractivity contribution in [2.45, 2.75) is 57.7 Å². The number of benzene rings is 1. The van der Waals surface area contributed by atoms with Gasteiger partial charge in [-0.05, 0) is 12.5 Å². The van der Waals surface area contributed by atoms with Crippen LogP contribution < -0.4 is 0 Å². The van der Waals surface area contributed by atoms with E-state index < -0.39 is 6.10 Å². The zero-order valence-corrected chi connectivity index (χ0v) is 13.4. The standard InChI is InChI=1S/C16H24O3S/c1-12(19-11-13-8-6-5-7-9-13)14(17)10-15(18)20-16(2,3)4/h5-9,12,14,17H,10-11H2,1-4H3/t12-,14-/m1/s1. The van der Waals surface area contributed by atoms with Crippen LogP contribution in [-0.4, -0.2) is 27.2 Å². The lowest BCUT2D eigenvalue weighted by atomic mass is 10.1. The second-order valence-corrected chi connectivity index (χ2v) is 7.74. The van der Waals surface area contributed by atoms with Gasteiger partial charge in [0.15, 0.2) is 5.12 Å². The Morgan fingerprint density at radius 3 is 2.45 bits per heavy atom. The Bertz CT molecular complexity index is 411. The molecule has 0 radical (unpaired) electrons. The molecule has 0 aliphatic carbocycles. The second kappa shape index (κ2) is 7.81. The predicted octanol–water partition coefficient (Wildman–Crippen LogP) is 3.40. The second-order valence-electron chi connectivity index (χ2n) is 5.86. The van der Waals surface area contributed by atoms with Gasteiger partial charge in [-0.1, -0.05) is 62.9 Å². The lowest BCUT2D eigenvalue weighted by Gasteiger charge is -2.21. The van der Waals surface area contributed by atoms with Gasteiger partial charge in [-0.25, -0.2) is 0 Å². The first kappa shape index (κ1) is 17.2. The molecule has 20 heavy (non-hydrogen) atoms. The van der Waals surface area contributed by atoms with Gasteiger partial charge in [-0.2, -0.15) is 0 Å². The molecule has 3 nitrogen and oxygen atoms in total. The first-order valence-corrected chi connectivity index (χ1v) is 7.65. The van der Waals surface area contributed by atoms with Gasteiger partial charge in [0.25, 0.3) is 0 Å². The van der Waals surface area contributed by atoms with Crippen molar-refractivity contribution in [1.82, 2.24) is 0 Å². The van der Waals surface area contributed by atoms with Crippen LogP contribution in [0.25, 0.3) is 0 Å². The highest BCUT2D eigenvalue weighted by atomic mass is 32.2. The summed E-state index contributed by atoms with van der Waals surface area (Å²) in [5.74, 6) is 0. The highest BCUT2D eigenvalue weighted by Gasteiger charge is 2.23. The fraction of sp³-hybridized carbons (Fsp3) is 0.562. The van der Waals surface area contributed by atoms with Crippen molar-refractivity contribution in [3.05, 3.63) is 35.9 Å². The molecule has 0 saturated heterocycles. The maximum absolute atomic E-state index is 11.8. The first-order valence-electron chi connectivity index (χ1n) is 6.83. The number of ether oxygens (including phenoxy) is 1. The molecule has 0 aliphatic rings. The number of hydrogen-bond acceptors (Lipinski definition) is 4. The molecule has 0 fully saturated rings. The normalized spacial score (nSPS) is 14.8. The van der Waals surface area contributed by atoms with Crippen LogP contribution in [0.4, 0.5) is 0 Å². The molecule has 1 aromatic carbocycles. The monoisotopic (exact) mass is 296 g/mol. The Morgan fingerprint density at radius 1 is 1.30 bits per heavy atom. The molecule has 112 valence electrons. The van der Waals surface area contributed by atoms with Gasteiger partial charge >= 0.3 is 0 Å². The Labute approximate surface area is 125 Å². The van der Waals surface area contributed by atoms with Gasteiger partial charge in [0, 0.05) is 11.2 Å². The zero-order valence-electron chi connectivity index (χ0n) is 12.6. The summed E-state index contributed by atoms with van der Waals surface area (Å²) in [5.41, 5.74) is 1.06. The number of aliphatic hydroxyl groups excluding tert-OH is 1. The third kappa shape index (κ3) is 7.08. The van der Waals surface area contributed by atoms with Gasteiger partial charge in [0.1, 0.15) is 0 Å². The SMILES string of the molecule is C[C@@H](OCc1ccccc1)[C@H](O)CC(=O)SC(C)(C)C.